The van der Waals surface area contributed by atoms with Crippen LogP contribution in [-0.2, 0) is 24.1 Å². The number of halogens is 1. The molecule has 0 amide bonds. The highest BCUT2D eigenvalue weighted by Gasteiger charge is 2.29. The van der Waals surface area contributed by atoms with Crippen molar-refractivity contribution >= 4 is 17.0 Å². The fourth-order valence-corrected chi connectivity index (χ4v) is 5.86. The summed E-state index contributed by atoms with van der Waals surface area (Å²) in [5.74, 6) is 1.02. The molecule has 35 heavy (non-hydrogen) atoms. The Morgan fingerprint density at radius 2 is 2.03 bits per heavy atom. The lowest BCUT2D eigenvalue weighted by molar-refractivity contribution is -0.137. The summed E-state index contributed by atoms with van der Waals surface area (Å²) in [4.78, 5) is 15.9. The highest BCUT2D eigenvalue weighted by Crippen LogP contribution is 2.42. The van der Waals surface area contributed by atoms with Crippen molar-refractivity contribution in [3.8, 4) is 11.4 Å². The molecule has 5 nitrogen and oxygen atoms in total. The molecule has 178 valence electrons. The van der Waals surface area contributed by atoms with Crippen molar-refractivity contribution in [2.75, 3.05) is 6.61 Å². The van der Waals surface area contributed by atoms with Gasteiger partial charge in [0, 0.05) is 24.0 Å². The van der Waals surface area contributed by atoms with Gasteiger partial charge in [-0.3, -0.25) is 9.36 Å². The standard InChI is InChI=1S/C29H27FN2O3/c1-2-28-31-24-11-8-20(30)15-26(24)32(28)25-5-3-4-21-18(7-10-23(21)25)12-17-6-9-22-19(14-29(33)34)16-35-27(22)13-17/h3-6,8-9,11,13,15,18-19H,2,7,10,12,14,16H2,1H3,(H,33,34)/t18?,19-/m1/s1. The molecule has 0 spiro atoms. The predicted molar refractivity (Wildman–Crippen MR) is 132 cm³/mol. The molecule has 0 saturated heterocycles. The number of aromatic nitrogens is 2. The molecule has 1 aromatic heterocycles. The topological polar surface area (TPSA) is 64.4 Å². The number of fused-ring (bicyclic) bond motifs is 3. The van der Waals surface area contributed by atoms with Crippen molar-refractivity contribution in [1.82, 2.24) is 9.55 Å². The molecule has 1 unspecified atom stereocenters. The summed E-state index contributed by atoms with van der Waals surface area (Å²) in [5, 5.41) is 9.15. The van der Waals surface area contributed by atoms with E-state index in [0.29, 0.717) is 12.5 Å². The lowest BCUT2D eigenvalue weighted by Gasteiger charge is -2.16. The Labute approximate surface area is 203 Å². The average molecular weight is 471 g/mol. The molecular formula is C29H27FN2O3. The molecule has 4 aromatic rings. The first kappa shape index (κ1) is 21.8. The van der Waals surface area contributed by atoms with Gasteiger partial charge >= 0.3 is 5.97 Å². The number of aryl methyl sites for hydroxylation is 1. The van der Waals surface area contributed by atoms with Crippen molar-refractivity contribution in [1.29, 1.82) is 0 Å². The van der Waals surface area contributed by atoms with E-state index in [1.165, 1.54) is 22.8 Å². The molecule has 2 heterocycles. The summed E-state index contributed by atoms with van der Waals surface area (Å²) in [6.45, 7) is 2.51. The van der Waals surface area contributed by atoms with Crippen LogP contribution in [0.4, 0.5) is 4.39 Å². The minimum absolute atomic E-state index is 0.0751. The number of aliphatic carboxylic acids is 1. The van der Waals surface area contributed by atoms with Crippen LogP contribution in [0.5, 0.6) is 5.75 Å². The number of benzene rings is 3. The van der Waals surface area contributed by atoms with E-state index in [-0.39, 0.29) is 18.2 Å². The zero-order valence-corrected chi connectivity index (χ0v) is 19.6. The summed E-state index contributed by atoms with van der Waals surface area (Å²) in [6, 6.07) is 17.5. The van der Waals surface area contributed by atoms with Crippen LogP contribution < -0.4 is 4.74 Å². The summed E-state index contributed by atoms with van der Waals surface area (Å²) < 4.78 is 22.1. The Balaban J connectivity index is 1.33. The van der Waals surface area contributed by atoms with Crippen LogP contribution in [0.15, 0.2) is 54.6 Å². The van der Waals surface area contributed by atoms with Crippen LogP contribution in [-0.4, -0.2) is 27.2 Å². The van der Waals surface area contributed by atoms with Crippen molar-refractivity contribution in [3.05, 3.63) is 88.5 Å². The molecular weight excluding hydrogens is 443 g/mol. The van der Waals surface area contributed by atoms with Gasteiger partial charge in [-0.1, -0.05) is 31.2 Å². The van der Waals surface area contributed by atoms with Gasteiger partial charge in [0.1, 0.15) is 17.4 Å². The van der Waals surface area contributed by atoms with Crippen LogP contribution in [0.2, 0.25) is 0 Å². The predicted octanol–water partition coefficient (Wildman–Crippen LogP) is 5.95. The Kier molecular flexibility index (Phi) is 5.32. The minimum atomic E-state index is -0.798. The zero-order valence-electron chi connectivity index (χ0n) is 19.6. The van der Waals surface area contributed by atoms with Crippen molar-refractivity contribution < 1.29 is 19.0 Å². The molecule has 1 aliphatic carbocycles. The Hall–Kier alpha value is -3.67. The monoisotopic (exact) mass is 470 g/mol. The number of rotatable bonds is 6. The van der Waals surface area contributed by atoms with Crippen molar-refractivity contribution in [2.45, 2.75) is 50.9 Å². The number of hydrogen-bond acceptors (Lipinski definition) is 3. The summed E-state index contributed by atoms with van der Waals surface area (Å²) >= 11 is 0. The first-order valence-corrected chi connectivity index (χ1v) is 12.3. The zero-order chi connectivity index (χ0) is 24.1. The first-order chi connectivity index (χ1) is 17.0. The van der Waals surface area contributed by atoms with Gasteiger partial charge in [0.25, 0.3) is 0 Å². The van der Waals surface area contributed by atoms with E-state index in [9.17, 15) is 9.18 Å². The molecule has 2 atom stereocenters. The van der Waals surface area contributed by atoms with Crippen LogP contribution in [0, 0.1) is 5.82 Å². The van der Waals surface area contributed by atoms with Crippen LogP contribution in [0.25, 0.3) is 16.7 Å². The maximum atomic E-state index is 14.1. The average Bonchev–Trinajstić information content (AvgIpc) is 3.54. The van der Waals surface area contributed by atoms with Crippen LogP contribution in [0.3, 0.4) is 0 Å². The normalized spacial score (nSPS) is 18.5. The second-order valence-corrected chi connectivity index (χ2v) is 9.61. The second-order valence-electron chi connectivity index (χ2n) is 9.61. The Bertz CT molecular complexity index is 1460. The fraction of sp³-hybridized carbons (Fsp3) is 0.310. The minimum Gasteiger partial charge on any atom is -0.493 e. The van der Waals surface area contributed by atoms with Gasteiger partial charge in [0.2, 0.25) is 0 Å². The number of hydrogen-bond donors (Lipinski definition) is 1. The maximum Gasteiger partial charge on any atom is 0.304 e. The molecule has 0 radical (unpaired) electrons. The smallest absolute Gasteiger partial charge is 0.304 e. The maximum absolute atomic E-state index is 14.1. The molecule has 6 rings (SSSR count). The molecule has 0 bridgehead atoms. The number of nitrogens with zero attached hydrogens (tertiary/aromatic N) is 2. The van der Waals surface area contributed by atoms with Gasteiger partial charge in [0.05, 0.1) is 29.7 Å². The molecule has 1 aliphatic heterocycles. The largest absolute Gasteiger partial charge is 0.493 e. The van der Waals surface area contributed by atoms with E-state index in [1.54, 1.807) is 12.1 Å². The number of ether oxygens (including phenoxy) is 1. The van der Waals surface area contributed by atoms with E-state index >= 15 is 0 Å². The van der Waals surface area contributed by atoms with Crippen LogP contribution >= 0.6 is 0 Å². The summed E-state index contributed by atoms with van der Waals surface area (Å²) in [5.41, 5.74) is 7.58. The van der Waals surface area contributed by atoms with E-state index < -0.39 is 5.97 Å². The lowest BCUT2D eigenvalue weighted by Crippen LogP contribution is -2.07. The summed E-state index contributed by atoms with van der Waals surface area (Å²) in [6.07, 6.45) is 3.78. The number of carbonyl (C=O) groups is 1. The summed E-state index contributed by atoms with van der Waals surface area (Å²) in [7, 11) is 0. The van der Waals surface area contributed by atoms with Crippen molar-refractivity contribution in [3.63, 3.8) is 0 Å². The SMILES string of the molecule is CCc1nc2ccc(F)cc2n1-c1cccc2c1CCC2Cc1ccc2c(c1)OC[C@H]2CC(=O)O. The Morgan fingerprint density at radius 1 is 1.14 bits per heavy atom. The molecule has 1 N–H and O–H groups in total. The van der Waals surface area contributed by atoms with Crippen molar-refractivity contribution in [2.24, 2.45) is 0 Å². The third kappa shape index (κ3) is 3.77. The number of carboxylic acid groups (broad SMARTS) is 1. The lowest BCUT2D eigenvalue weighted by atomic mass is 9.91. The van der Waals surface area contributed by atoms with Crippen LogP contribution in [0.1, 0.15) is 59.7 Å². The number of imidazole rings is 1. The molecule has 0 saturated carbocycles. The third-order valence-electron chi connectivity index (χ3n) is 7.47. The highest BCUT2D eigenvalue weighted by atomic mass is 19.1. The van der Waals surface area contributed by atoms with Gasteiger partial charge in [-0.05, 0) is 66.1 Å². The van der Waals surface area contributed by atoms with Gasteiger partial charge in [-0.15, -0.1) is 0 Å². The van der Waals surface area contributed by atoms with E-state index in [4.69, 9.17) is 14.8 Å². The van der Waals surface area contributed by atoms with E-state index in [0.717, 1.165) is 59.5 Å². The molecule has 2 aliphatic rings. The van der Waals surface area contributed by atoms with Gasteiger partial charge < -0.3 is 9.84 Å². The second kappa shape index (κ2) is 8.52. The van der Waals surface area contributed by atoms with Gasteiger partial charge in [-0.2, -0.15) is 0 Å². The first-order valence-electron chi connectivity index (χ1n) is 12.3. The molecule has 3 aromatic carbocycles. The highest BCUT2D eigenvalue weighted by molar-refractivity contribution is 5.79. The fourth-order valence-electron chi connectivity index (χ4n) is 5.86. The van der Waals surface area contributed by atoms with Gasteiger partial charge in [0.15, 0.2) is 0 Å². The molecule has 6 heteroatoms. The Morgan fingerprint density at radius 3 is 2.86 bits per heavy atom. The quantitative estimate of drug-likeness (QED) is 0.378. The van der Waals surface area contributed by atoms with Gasteiger partial charge in [-0.25, -0.2) is 9.37 Å². The molecule has 0 fully saturated rings. The van der Waals surface area contributed by atoms with E-state index in [2.05, 4.69) is 41.8 Å². The number of carboxylic acids is 1. The third-order valence-corrected chi connectivity index (χ3v) is 7.47. The van der Waals surface area contributed by atoms with E-state index in [1.807, 2.05) is 6.07 Å².